The monoisotopic (exact) mass is 329 g/mol. The quantitative estimate of drug-likeness (QED) is 0.902. The number of anilines is 1. The second-order valence-electron chi connectivity index (χ2n) is 6.33. The van der Waals surface area contributed by atoms with Gasteiger partial charge < -0.3 is 19.7 Å². The number of amides is 2. The lowest BCUT2D eigenvalue weighted by molar-refractivity contribution is -0.146. The summed E-state index contributed by atoms with van der Waals surface area (Å²) < 4.78 is 5.27. The van der Waals surface area contributed by atoms with Gasteiger partial charge in [0.2, 0.25) is 5.89 Å². The minimum absolute atomic E-state index is 0.201. The van der Waals surface area contributed by atoms with Gasteiger partial charge in [-0.3, -0.25) is 4.79 Å². The molecule has 1 aliphatic rings. The highest BCUT2D eigenvalue weighted by Gasteiger charge is 2.42. The lowest BCUT2D eigenvalue weighted by Crippen LogP contribution is -2.37. The van der Waals surface area contributed by atoms with Gasteiger partial charge in [-0.15, -0.1) is 0 Å². The number of aromatic nitrogens is 1. The van der Waals surface area contributed by atoms with Crippen molar-refractivity contribution in [3.8, 4) is 11.5 Å². The van der Waals surface area contributed by atoms with E-state index in [0.29, 0.717) is 24.5 Å². The summed E-state index contributed by atoms with van der Waals surface area (Å²) in [5, 5.41) is 12.1. The number of carboxylic acids is 1. The van der Waals surface area contributed by atoms with Crippen LogP contribution in [0.2, 0.25) is 0 Å². The maximum Gasteiger partial charge on any atom is 0.321 e. The molecule has 1 unspecified atom stereocenters. The fourth-order valence-corrected chi connectivity index (χ4v) is 2.76. The molecule has 1 aromatic heterocycles. The van der Waals surface area contributed by atoms with Crippen LogP contribution in [0.1, 0.15) is 18.9 Å². The van der Waals surface area contributed by atoms with Crippen LogP contribution in [0.4, 0.5) is 10.5 Å². The molecule has 0 spiro atoms. The van der Waals surface area contributed by atoms with E-state index in [1.165, 1.54) is 11.2 Å². The molecule has 0 radical (unpaired) electrons. The minimum atomic E-state index is -0.883. The van der Waals surface area contributed by atoms with Crippen LogP contribution in [0.5, 0.6) is 0 Å². The molecule has 2 amide bonds. The molecular formula is C17H19N3O4. The van der Waals surface area contributed by atoms with E-state index in [0.717, 1.165) is 11.1 Å². The summed E-state index contributed by atoms with van der Waals surface area (Å²) >= 11 is 0. The zero-order chi connectivity index (χ0) is 17.3. The van der Waals surface area contributed by atoms with Gasteiger partial charge in [-0.25, -0.2) is 9.78 Å². The average Bonchev–Trinajstić information content (AvgIpc) is 3.20. The number of urea groups is 1. The number of likely N-dealkylation sites (tertiary alicyclic amines) is 1. The number of aryl methyl sites for hydroxylation is 1. The maximum atomic E-state index is 12.5. The van der Waals surface area contributed by atoms with Crippen LogP contribution in [0.25, 0.3) is 11.5 Å². The first-order valence-electron chi connectivity index (χ1n) is 7.69. The molecule has 2 aromatic rings. The summed E-state index contributed by atoms with van der Waals surface area (Å²) in [4.78, 5) is 29.4. The van der Waals surface area contributed by atoms with Crippen molar-refractivity contribution in [3.63, 3.8) is 0 Å². The smallest absolute Gasteiger partial charge is 0.321 e. The van der Waals surface area contributed by atoms with Crippen LogP contribution in [0, 0.1) is 12.3 Å². The Balaban J connectivity index is 1.75. The first kappa shape index (κ1) is 16.0. The summed E-state index contributed by atoms with van der Waals surface area (Å²) in [6.07, 6.45) is 3.50. The first-order valence-corrected chi connectivity index (χ1v) is 7.69. The van der Waals surface area contributed by atoms with Crippen LogP contribution in [0.3, 0.4) is 0 Å². The second kappa shape index (κ2) is 5.99. The molecule has 1 saturated heterocycles. The van der Waals surface area contributed by atoms with E-state index >= 15 is 0 Å². The topological polar surface area (TPSA) is 95.7 Å². The number of nitrogens with zero attached hydrogens (tertiary/aromatic N) is 2. The van der Waals surface area contributed by atoms with E-state index in [-0.39, 0.29) is 12.6 Å². The van der Waals surface area contributed by atoms with Crippen molar-refractivity contribution in [1.82, 2.24) is 9.88 Å². The van der Waals surface area contributed by atoms with Crippen LogP contribution < -0.4 is 5.32 Å². The number of carboxylic acid groups (broad SMARTS) is 1. The summed E-state index contributed by atoms with van der Waals surface area (Å²) in [6, 6.07) is 5.24. The van der Waals surface area contributed by atoms with E-state index in [2.05, 4.69) is 10.3 Å². The van der Waals surface area contributed by atoms with E-state index in [1.54, 1.807) is 19.2 Å². The number of aliphatic carboxylic acids is 1. The molecule has 7 heteroatoms. The van der Waals surface area contributed by atoms with Gasteiger partial charge in [0.05, 0.1) is 11.6 Å². The Labute approximate surface area is 139 Å². The molecule has 126 valence electrons. The largest absolute Gasteiger partial charge is 0.481 e. The zero-order valence-corrected chi connectivity index (χ0v) is 13.6. The molecule has 1 aromatic carbocycles. The van der Waals surface area contributed by atoms with Crippen LogP contribution >= 0.6 is 0 Å². The fourth-order valence-electron chi connectivity index (χ4n) is 2.76. The Bertz CT molecular complexity index is 772. The second-order valence-corrected chi connectivity index (χ2v) is 6.33. The molecule has 2 N–H and O–H groups in total. The van der Waals surface area contributed by atoms with Gasteiger partial charge in [0.1, 0.15) is 6.26 Å². The Hall–Kier alpha value is -2.83. The lowest BCUT2D eigenvalue weighted by atomic mass is 9.90. The van der Waals surface area contributed by atoms with Crippen molar-refractivity contribution in [2.75, 3.05) is 18.4 Å². The van der Waals surface area contributed by atoms with Gasteiger partial charge in [0.15, 0.2) is 0 Å². The molecule has 0 aliphatic carbocycles. The number of nitrogens with one attached hydrogen (secondary N) is 1. The Morgan fingerprint density at radius 2 is 2.21 bits per heavy atom. The fraction of sp³-hybridized carbons (Fsp3) is 0.353. The Kier molecular flexibility index (Phi) is 4.01. The predicted molar refractivity (Wildman–Crippen MR) is 87.6 cm³/mol. The summed E-state index contributed by atoms with van der Waals surface area (Å²) in [5.41, 5.74) is 1.43. The van der Waals surface area contributed by atoms with Gasteiger partial charge in [-0.2, -0.15) is 0 Å². The highest BCUT2D eigenvalue weighted by molar-refractivity contribution is 5.92. The van der Waals surface area contributed by atoms with Crippen LogP contribution in [-0.2, 0) is 4.79 Å². The zero-order valence-electron chi connectivity index (χ0n) is 13.6. The normalized spacial score (nSPS) is 20.2. The highest BCUT2D eigenvalue weighted by Crippen LogP contribution is 2.31. The predicted octanol–water partition coefficient (Wildman–Crippen LogP) is 2.98. The van der Waals surface area contributed by atoms with Crippen molar-refractivity contribution in [1.29, 1.82) is 0 Å². The number of rotatable bonds is 3. The number of carbonyl (C=O) groups is 2. The molecule has 0 bridgehead atoms. The molecular weight excluding hydrogens is 310 g/mol. The Morgan fingerprint density at radius 3 is 2.83 bits per heavy atom. The molecule has 1 fully saturated rings. The molecule has 1 aliphatic heterocycles. The Morgan fingerprint density at radius 1 is 1.42 bits per heavy atom. The van der Waals surface area contributed by atoms with E-state index in [4.69, 9.17) is 4.42 Å². The van der Waals surface area contributed by atoms with Gasteiger partial charge in [0, 0.05) is 24.3 Å². The van der Waals surface area contributed by atoms with Crippen LogP contribution in [-0.4, -0.2) is 40.1 Å². The number of hydrogen-bond donors (Lipinski definition) is 2. The number of benzene rings is 1. The molecule has 1 atom stereocenters. The minimum Gasteiger partial charge on any atom is -0.481 e. The van der Waals surface area contributed by atoms with Gasteiger partial charge in [0.25, 0.3) is 0 Å². The third kappa shape index (κ3) is 2.97. The van der Waals surface area contributed by atoms with Gasteiger partial charge >= 0.3 is 12.0 Å². The first-order chi connectivity index (χ1) is 11.4. The number of oxazole rings is 1. The van der Waals surface area contributed by atoms with Crippen molar-refractivity contribution in [3.05, 3.63) is 36.2 Å². The van der Waals surface area contributed by atoms with E-state index < -0.39 is 11.4 Å². The third-order valence-electron chi connectivity index (χ3n) is 4.44. The maximum absolute atomic E-state index is 12.5. The average molecular weight is 329 g/mol. The summed E-state index contributed by atoms with van der Waals surface area (Å²) in [5.74, 6) is -0.398. The van der Waals surface area contributed by atoms with E-state index in [1.807, 2.05) is 19.1 Å². The SMILES string of the molecule is Cc1ccc(-c2ncco2)cc1NC(=O)N1CCC(C)(C(=O)O)C1. The number of hydrogen-bond acceptors (Lipinski definition) is 4. The molecule has 2 heterocycles. The number of carbonyl (C=O) groups excluding carboxylic acids is 1. The van der Waals surface area contributed by atoms with Crippen molar-refractivity contribution in [2.24, 2.45) is 5.41 Å². The molecule has 24 heavy (non-hydrogen) atoms. The molecule has 3 rings (SSSR count). The summed E-state index contributed by atoms with van der Waals surface area (Å²) in [6.45, 7) is 4.18. The van der Waals surface area contributed by atoms with Gasteiger partial charge in [-0.1, -0.05) is 6.07 Å². The van der Waals surface area contributed by atoms with Crippen molar-refractivity contribution in [2.45, 2.75) is 20.3 Å². The molecule has 7 nitrogen and oxygen atoms in total. The van der Waals surface area contributed by atoms with Crippen molar-refractivity contribution >= 4 is 17.7 Å². The highest BCUT2D eigenvalue weighted by atomic mass is 16.4. The van der Waals surface area contributed by atoms with Crippen molar-refractivity contribution < 1.29 is 19.1 Å². The molecule has 0 saturated carbocycles. The van der Waals surface area contributed by atoms with Crippen LogP contribution in [0.15, 0.2) is 35.1 Å². The standard InChI is InChI=1S/C17H19N3O4/c1-11-3-4-12(14-18-6-8-24-14)9-13(11)19-16(23)20-7-5-17(2,10-20)15(21)22/h3-4,6,8-9H,5,7,10H2,1-2H3,(H,19,23)(H,21,22). The van der Waals surface area contributed by atoms with Gasteiger partial charge in [-0.05, 0) is 38.0 Å². The third-order valence-corrected chi connectivity index (χ3v) is 4.44. The summed E-state index contributed by atoms with van der Waals surface area (Å²) in [7, 11) is 0. The van der Waals surface area contributed by atoms with E-state index in [9.17, 15) is 14.7 Å². The lowest BCUT2D eigenvalue weighted by Gasteiger charge is -2.21.